The molecule has 0 spiro atoms. The molecule has 2 N–H and O–H groups in total. The molecule has 0 saturated carbocycles. The molecule has 0 aromatic heterocycles. The lowest BCUT2D eigenvalue weighted by Crippen LogP contribution is -2.56. The molecule has 3 rings (SSSR count). The SMILES string of the molecule is CC1CN2CCCC2CN1C(CN)c1ccc(Cl)c(Br)c1. The van der Waals surface area contributed by atoms with Crippen LogP contribution >= 0.6 is 27.5 Å². The van der Waals surface area contributed by atoms with Gasteiger partial charge in [-0.05, 0) is 59.9 Å². The summed E-state index contributed by atoms with van der Waals surface area (Å²) in [6.45, 7) is 6.52. The van der Waals surface area contributed by atoms with E-state index in [0.717, 1.165) is 22.6 Å². The van der Waals surface area contributed by atoms with E-state index in [1.54, 1.807) is 0 Å². The van der Waals surface area contributed by atoms with Crippen LogP contribution in [0.2, 0.25) is 5.02 Å². The Morgan fingerprint density at radius 3 is 2.95 bits per heavy atom. The number of fused-ring (bicyclic) bond motifs is 1. The average Bonchev–Trinajstić information content (AvgIpc) is 2.90. The van der Waals surface area contributed by atoms with E-state index in [1.165, 1.54) is 24.9 Å². The Bertz CT molecular complexity index is 510. The average molecular weight is 373 g/mol. The van der Waals surface area contributed by atoms with Crippen molar-refractivity contribution in [3.63, 3.8) is 0 Å². The van der Waals surface area contributed by atoms with Gasteiger partial charge in [0.1, 0.15) is 0 Å². The first-order valence-electron chi connectivity index (χ1n) is 7.75. The maximum Gasteiger partial charge on any atom is 0.0548 e. The van der Waals surface area contributed by atoms with Gasteiger partial charge in [0.15, 0.2) is 0 Å². The largest absolute Gasteiger partial charge is 0.329 e. The van der Waals surface area contributed by atoms with Crippen LogP contribution in [0.5, 0.6) is 0 Å². The molecule has 1 aromatic rings. The van der Waals surface area contributed by atoms with E-state index in [0.29, 0.717) is 18.6 Å². The van der Waals surface area contributed by atoms with Crippen LogP contribution in [0.1, 0.15) is 31.4 Å². The molecule has 116 valence electrons. The summed E-state index contributed by atoms with van der Waals surface area (Å²) in [5.41, 5.74) is 7.38. The normalized spacial score (nSPS) is 28.6. The van der Waals surface area contributed by atoms with Gasteiger partial charge in [-0.2, -0.15) is 0 Å². The second-order valence-electron chi connectivity index (χ2n) is 6.26. The van der Waals surface area contributed by atoms with Gasteiger partial charge in [-0.3, -0.25) is 9.80 Å². The zero-order valence-corrected chi connectivity index (χ0v) is 14.8. The molecular formula is C16H23BrClN3. The lowest BCUT2D eigenvalue weighted by Gasteiger charge is -2.46. The summed E-state index contributed by atoms with van der Waals surface area (Å²) in [6.07, 6.45) is 2.66. The minimum Gasteiger partial charge on any atom is -0.329 e. The predicted octanol–water partition coefficient (Wildman–Crippen LogP) is 3.27. The molecule has 3 atom stereocenters. The Morgan fingerprint density at radius 1 is 1.43 bits per heavy atom. The number of hydrogen-bond acceptors (Lipinski definition) is 3. The first kappa shape index (κ1) is 15.8. The van der Waals surface area contributed by atoms with Crippen LogP contribution in [0.4, 0.5) is 0 Å². The quantitative estimate of drug-likeness (QED) is 0.884. The standard InChI is InChI=1S/C16H23BrClN3/c1-11-9-20-6-2-3-13(20)10-21(11)16(8-19)12-4-5-15(18)14(17)7-12/h4-5,7,11,13,16H,2-3,6,8-10,19H2,1H3. The lowest BCUT2D eigenvalue weighted by molar-refractivity contribution is 0.0296. The zero-order chi connectivity index (χ0) is 15.0. The highest BCUT2D eigenvalue weighted by Crippen LogP contribution is 2.33. The fourth-order valence-corrected chi connectivity index (χ4v) is 4.34. The Hall–Kier alpha value is -0.130. The highest BCUT2D eigenvalue weighted by Gasteiger charge is 2.37. The summed E-state index contributed by atoms with van der Waals surface area (Å²) in [6, 6.07) is 7.72. The van der Waals surface area contributed by atoms with Gasteiger partial charge in [0.05, 0.1) is 5.02 Å². The van der Waals surface area contributed by atoms with Crippen LogP contribution in [-0.4, -0.2) is 48.1 Å². The van der Waals surface area contributed by atoms with E-state index >= 15 is 0 Å². The minimum atomic E-state index is 0.274. The van der Waals surface area contributed by atoms with E-state index in [4.69, 9.17) is 17.3 Å². The van der Waals surface area contributed by atoms with Crippen LogP contribution < -0.4 is 5.73 Å². The van der Waals surface area contributed by atoms with Crippen molar-refractivity contribution >= 4 is 27.5 Å². The van der Waals surface area contributed by atoms with Gasteiger partial charge in [0.25, 0.3) is 0 Å². The molecule has 21 heavy (non-hydrogen) atoms. The number of piperazine rings is 1. The number of nitrogens with two attached hydrogens (primary N) is 1. The maximum atomic E-state index is 6.12. The number of rotatable bonds is 3. The molecule has 2 aliphatic rings. The summed E-state index contributed by atoms with van der Waals surface area (Å²) in [5.74, 6) is 0. The Labute approximate surface area is 140 Å². The summed E-state index contributed by atoms with van der Waals surface area (Å²) < 4.78 is 0.951. The smallest absolute Gasteiger partial charge is 0.0548 e. The van der Waals surface area contributed by atoms with Crippen LogP contribution in [0, 0.1) is 0 Å². The molecule has 1 aromatic carbocycles. The van der Waals surface area contributed by atoms with Crippen molar-refractivity contribution in [3.8, 4) is 0 Å². The third-order valence-corrected chi connectivity index (χ3v) is 6.15. The van der Waals surface area contributed by atoms with Crippen molar-refractivity contribution < 1.29 is 0 Å². The van der Waals surface area contributed by atoms with Gasteiger partial charge >= 0.3 is 0 Å². The van der Waals surface area contributed by atoms with E-state index in [-0.39, 0.29) is 6.04 Å². The number of halogens is 2. The third kappa shape index (κ3) is 3.15. The van der Waals surface area contributed by atoms with Gasteiger partial charge in [0, 0.05) is 42.2 Å². The highest BCUT2D eigenvalue weighted by atomic mass is 79.9. The first-order chi connectivity index (χ1) is 10.1. The predicted molar refractivity (Wildman–Crippen MR) is 91.7 cm³/mol. The Morgan fingerprint density at radius 2 is 2.24 bits per heavy atom. The van der Waals surface area contributed by atoms with Crippen LogP contribution in [0.15, 0.2) is 22.7 Å². The van der Waals surface area contributed by atoms with Crippen molar-refractivity contribution in [1.29, 1.82) is 0 Å². The van der Waals surface area contributed by atoms with Gasteiger partial charge < -0.3 is 5.73 Å². The second-order valence-corrected chi connectivity index (χ2v) is 7.52. The highest BCUT2D eigenvalue weighted by molar-refractivity contribution is 9.10. The topological polar surface area (TPSA) is 32.5 Å². The van der Waals surface area contributed by atoms with Crippen molar-refractivity contribution in [2.75, 3.05) is 26.2 Å². The van der Waals surface area contributed by atoms with E-state index in [2.05, 4.69) is 44.8 Å². The second kappa shape index (κ2) is 6.55. The summed E-state index contributed by atoms with van der Waals surface area (Å²) in [7, 11) is 0. The summed E-state index contributed by atoms with van der Waals surface area (Å²) in [4.78, 5) is 5.23. The van der Waals surface area contributed by atoms with Crippen LogP contribution in [0.25, 0.3) is 0 Å². The molecule has 2 saturated heterocycles. The lowest BCUT2D eigenvalue weighted by atomic mass is 9.99. The Kier molecular flexibility index (Phi) is 4.91. The van der Waals surface area contributed by atoms with Gasteiger partial charge in [-0.25, -0.2) is 0 Å². The number of nitrogens with zero attached hydrogens (tertiary/aromatic N) is 2. The van der Waals surface area contributed by atoms with Crippen LogP contribution in [0.3, 0.4) is 0 Å². The van der Waals surface area contributed by atoms with Crippen molar-refractivity contribution in [1.82, 2.24) is 9.80 Å². The van der Waals surface area contributed by atoms with Gasteiger partial charge in [-0.15, -0.1) is 0 Å². The van der Waals surface area contributed by atoms with Crippen molar-refractivity contribution in [3.05, 3.63) is 33.3 Å². The van der Waals surface area contributed by atoms with E-state index in [9.17, 15) is 0 Å². The van der Waals surface area contributed by atoms with Crippen LogP contribution in [-0.2, 0) is 0 Å². The fraction of sp³-hybridized carbons (Fsp3) is 0.625. The maximum absolute atomic E-state index is 6.12. The molecule has 2 fully saturated rings. The number of hydrogen-bond donors (Lipinski definition) is 1. The molecule has 0 bridgehead atoms. The molecular weight excluding hydrogens is 350 g/mol. The number of benzene rings is 1. The molecule has 3 nitrogen and oxygen atoms in total. The molecule has 0 amide bonds. The first-order valence-corrected chi connectivity index (χ1v) is 8.92. The zero-order valence-electron chi connectivity index (χ0n) is 12.4. The van der Waals surface area contributed by atoms with E-state index in [1.807, 2.05) is 6.07 Å². The van der Waals surface area contributed by atoms with Gasteiger partial charge in [0.2, 0.25) is 0 Å². The summed E-state index contributed by atoms with van der Waals surface area (Å²) >= 11 is 9.65. The van der Waals surface area contributed by atoms with E-state index < -0.39 is 0 Å². The molecule has 2 aliphatic heterocycles. The molecule has 5 heteroatoms. The molecule has 0 aliphatic carbocycles. The Balaban J connectivity index is 1.83. The molecule has 2 heterocycles. The van der Waals surface area contributed by atoms with Gasteiger partial charge in [-0.1, -0.05) is 17.7 Å². The summed E-state index contributed by atoms with van der Waals surface area (Å²) in [5, 5.41) is 0.753. The van der Waals surface area contributed by atoms with Crippen molar-refractivity contribution in [2.45, 2.75) is 37.9 Å². The van der Waals surface area contributed by atoms with Crippen molar-refractivity contribution in [2.24, 2.45) is 5.73 Å². The fourth-order valence-electron chi connectivity index (χ4n) is 3.83. The molecule has 0 radical (unpaired) electrons. The molecule has 3 unspecified atom stereocenters. The third-order valence-electron chi connectivity index (χ3n) is 4.94. The minimum absolute atomic E-state index is 0.274. The monoisotopic (exact) mass is 371 g/mol.